The van der Waals surface area contributed by atoms with Crippen LogP contribution in [0.4, 0.5) is 0 Å². The molecule has 68 valence electrons. The molecular weight excluding hydrogens is 208 g/mol. The Hall–Kier alpha value is 0.748. The maximum Gasteiger partial charge on any atom is 0.467 e. The first-order valence-electron chi connectivity index (χ1n) is 3.90. The molecule has 0 aromatic rings. The summed E-state index contributed by atoms with van der Waals surface area (Å²) in [5.41, 5.74) is 0. The quantitative estimate of drug-likeness (QED) is 0.474. The van der Waals surface area contributed by atoms with Gasteiger partial charge in [-0.05, 0) is 6.42 Å². The zero-order chi connectivity index (χ0) is 8.74. The van der Waals surface area contributed by atoms with Crippen molar-refractivity contribution in [2.75, 3.05) is 0 Å². The Morgan fingerprint density at radius 1 is 1.09 bits per heavy atom. The van der Waals surface area contributed by atoms with Crippen LogP contribution in [0.3, 0.4) is 0 Å². The highest BCUT2D eigenvalue weighted by molar-refractivity contribution is 6.69. The van der Waals surface area contributed by atoms with E-state index < -0.39 is 8.80 Å². The minimum absolute atomic E-state index is 0.738. The molecule has 0 aromatic carbocycles. The predicted octanol–water partition coefficient (Wildman–Crippen LogP) is -2.38. The molecule has 0 amide bonds. The standard InChI is InChI=1S/C4H18O3Si4/c1-2-3-4-11(5-8,6-9)7-10/h2-4H2,1,8-10H3. The van der Waals surface area contributed by atoms with E-state index in [0.717, 1.165) is 37.5 Å². The van der Waals surface area contributed by atoms with Gasteiger partial charge in [0.25, 0.3) is 0 Å². The summed E-state index contributed by atoms with van der Waals surface area (Å²) in [7, 11) is 0.162. The van der Waals surface area contributed by atoms with Crippen molar-refractivity contribution in [1.29, 1.82) is 0 Å². The maximum absolute atomic E-state index is 5.44. The minimum atomic E-state index is -2.05. The molecule has 0 bridgehead atoms. The van der Waals surface area contributed by atoms with E-state index in [2.05, 4.69) is 6.92 Å². The van der Waals surface area contributed by atoms with Gasteiger partial charge < -0.3 is 12.3 Å². The van der Waals surface area contributed by atoms with Crippen molar-refractivity contribution in [2.24, 2.45) is 0 Å². The fraction of sp³-hybridized carbons (Fsp3) is 1.00. The number of unbranched alkanes of at least 4 members (excludes halogenated alkanes) is 1. The van der Waals surface area contributed by atoms with E-state index in [4.69, 9.17) is 12.3 Å². The van der Waals surface area contributed by atoms with Gasteiger partial charge in [0.05, 0.1) is 0 Å². The monoisotopic (exact) mass is 226 g/mol. The fourth-order valence-corrected chi connectivity index (χ4v) is 10.7. The van der Waals surface area contributed by atoms with Gasteiger partial charge >= 0.3 is 8.80 Å². The first-order chi connectivity index (χ1) is 5.24. The van der Waals surface area contributed by atoms with E-state index >= 15 is 0 Å². The Morgan fingerprint density at radius 3 is 1.82 bits per heavy atom. The third-order valence-corrected chi connectivity index (χ3v) is 10.2. The summed E-state index contributed by atoms with van der Waals surface area (Å²) in [6.45, 7) is 2.17. The van der Waals surface area contributed by atoms with Crippen LogP contribution >= 0.6 is 0 Å². The number of rotatable bonds is 6. The van der Waals surface area contributed by atoms with Crippen LogP contribution in [0.2, 0.25) is 6.04 Å². The molecule has 0 saturated heterocycles. The molecule has 0 fully saturated rings. The van der Waals surface area contributed by atoms with Crippen LogP contribution in [0, 0.1) is 0 Å². The van der Waals surface area contributed by atoms with Crippen LogP contribution in [0.1, 0.15) is 19.8 Å². The molecule has 0 rings (SSSR count). The lowest BCUT2D eigenvalue weighted by Crippen LogP contribution is -2.43. The van der Waals surface area contributed by atoms with Gasteiger partial charge in [0.15, 0.2) is 0 Å². The summed E-state index contributed by atoms with van der Waals surface area (Å²) in [4.78, 5) is 0. The molecule has 0 aliphatic carbocycles. The van der Waals surface area contributed by atoms with Gasteiger partial charge in [-0.3, -0.25) is 0 Å². The third-order valence-electron chi connectivity index (χ3n) is 1.77. The minimum Gasteiger partial charge on any atom is -0.425 e. The van der Waals surface area contributed by atoms with Crippen molar-refractivity contribution < 1.29 is 12.3 Å². The van der Waals surface area contributed by atoms with Gasteiger partial charge in [0, 0.05) is 6.04 Å². The van der Waals surface area contributed by atoms with Crippen molar-refractivity contribution in [1.82, 2.24) is 0 Å². The van der Waals surface area contributed by atoms with Gasteiger partial charge in [0.1, 0.15) is 31.5 Å². The van der Waals surface area contributed by atoms with Crippen LogP contribution in [-0.2, 0) is 12.3 Å². The Labute approximate surface area is 78.8 Å². The van der Waals surface area contributed by atoms with Crippen LogP contribution in [-0.4, -0.2) is 40.3 Å². The molecular formula is C4H18O3Si4. The van der Waals surface area contributed by atoms with E-state index in [-0.39, 0.29) is 0 Å². The smallest absolute Gasteiger partial charge is 0.425 e. The highest BCUT2D eigenvalue weighted by Crippen LogP contribution is 2.14. The fourth-order valence-electron chi connectivity index (χ4n) is 0.949. The molecule has 0 aliphatic heterocycles. The molecule has 0 radical (unpaired) electrons. The molecule has 0 heterocycles. The number of hydrogen-bond donors (Lipinski definition) is 0. The van der Waals surface area contributed by atoms with Crippen LogP contribution in [0.25, 0.3) is 0 Å². The SMILES string of the molecule is CCCC[Si](O[SiH3])(O[SiH3])O[SiH3]. The van der Waals surface area contributed by atoms with Gasteiger partial charge in [-0.15, -0.1) is 0 Å². The first-order valence-corrected chi connectivity index (χ1v) is 8.28. The van der Waals surface area contributed by atoms with Gasteiger partial charge in [-0.25, -0.2) is 0 Å². The summed E-state index contributed by atoms with van der Waals surface area (Å²) in [6, 6.07) is 1.01. The lowest BCUT2D eigenvalue weighted by Gasteiger charge is -2.26. The molecule has 0 aromatic heterocycles. The second kappa shape index (κ2) is 6.28. The largest absolute Gasteiger partial charge is 0.467 e. The van der Waals surface area contributed by atoms with E-state index in [9.17, 15) is 0 Å². The highest BCUT2D eigenvalue weighted by atomic mass is 28.5. The molecule has 11 heavy (non-hydrogen) atoms. The second-order valence-electron chi connectivity index (χ2n) is 2.40. The maximum atomic E-state index is 5.44. The summed E-state index contributed by atoms with van der Waals surface area (Å²) in [5, 5.41) is 0. The van der Waals surface area contributed by atoms with Crippen LogP contribution in [0.15, 0.2) is 0 Å². The van der Waals surface area contributed by atoms with Crippen molar-refractivity contribution in [3.63, 3.8) is 0 Å². The predicted molar refractivity (Wildman–Crippen MR) is 58.5 cm³/mol. The zero-order valence-electron chi connectivity index (χ0n) is 7.85. The van der Waals surface area contributed by atoms with Crippen molar-refractivity contribution in [3.8, 4) is 0 Å². The number of hydrogen-bond acceptors (Lipinski definition) is 3. The van der Waals surface area contributed by atoms with Crippen molar-refractivity contribution >= 4 is 40.3 Å². The van der Waals surface area contributed by atoms with Crippen LogP contribution < -0.4 is 0 Å². The van der Waals surface area contributed by atoms with Crippen LogP contribution in [0.5, 0.6) is 0 Å². The van der Waals surface area contributed by atoms with Crippen molar-refractivity contribution in [2.45, 2.75) is 25.8 Å². The average molecular weight is 227 g/mol. The zero-order valence-corrected chi connectivity index (χ0v) is 14.8. The van der Waals surface area contributed by atoms with E-state index in [0.29, 0.717) is 0 Å². The van der Waals surface area contributed by atoms with E-state index in [1.54, 1.807) is 0 Å². The Balaban J connectivity index is 3.84. The molecule has 0 aliphatic rings. The summed E-state index contributed by atoms with van der Waals surface area (Å²) in [6.07, 6.45) is 2.36. The van der Waals surface area contributed by atoms with Gasteiger partial charge in [-0.1, -0.05) is 13.3 Å². The Kier molecular flexibility index (Phi) is 6.71. The van der Waals surface area contributed by atoms with E-state index in [1.807, 2.05) is 0 Å². The highest BCUT2D eigenvalue weighted by Gasteiger charge is 2.34. The van der Waals surface area contributed by atoms with Gasteiger partial charge in [0.2, 0.25) is 0 Å². The first kappa shape index (κ1) is 11.7. The topological polar surface area (TPSA) is 27.7 Å². The van der Waals surface area contributed by atoms with E-state index in [1.165, 1.54) is 12.8 Å². The average Bonchev–Trinajstić information content (AvgIpc) is 2.08. The Bertz CT molecular complexity index is 89.1. The summed E-state index contributed by atoms with van der Waals surface area (Å²) in [5.74, 6) is 0. The summed E-state index contributed by atoms with van der Waals surface area (Å²) >= 11 is 0. The molecule has 0 saturated carbocycles. The third kappa shape index (κ3) is 3.78. The molecule has 7 heteroatoms. The lowest BCUT2D eigenvalue weighted by atomic mass is 10.4. The summed E-state index contributed by atoms with van der Waals surface area (Å²) < 4.78 is 16.3. The van der Waals surface area contributed by atoms with Gasteiger partial charge in [-0.2, -0.15) is 0 Å². The molecule has 3 nitrogen and oxygen atoms in total. The van der Waals surface area contributed by atoms with Crippen molar-refractivity contribution in [3.05, 3.63) is 0 Å². The molecule has 0 unspecified atom stereocenters. The normalized spacial score (nSPS) is 17.2. The molecule has 0 spiro atoms. The lowest BCUT2D eigenvalue weighted by molar-refractivity contribution is 0.292. The molecule has 0 N–H and O–H groups in total. The molecule has 0 atom stereocenters. The second-order valence-corrected chi connectivity index (χ2v) is 9.16. The Morgan fingerprint density at radius 2 is 1.55 bits per heavy atom.